The normalized spacial score (nSPS) is 24.6. The molecule has 0 unspecified atom stereocenters. The highest BCUT2D eigenvalue weighted by molar-refractivity contribution is 5.91. The predicted molar refractivity (Wildman–Crippen MR) is 152 cm³/mol. The van der Waals surface area contributed by atoms with Gasteiger partial charge in [-0.2, -0.15) is 0 Å². The highest BCUT2D eigenvalue weighted by Gasteiger charge is 2.61. The molecule has 1 spiro atoms. The van der Waals surface area contributed by atoms with Gasteiger partial charge in [0.2, 0.25) is 0 Å². The summed E-state index contributed by atoms with van der Waals surface area (Å²) in [6.45, 7) is 5.60. The predicted octanol–water partition coefficient (Wildman–Crippen LogP) is 7.05. The molecule has 0 N–H and O–H groups in total. The minimum Gasteiger partial charge on any atom is -0.296 e. The first-order valence-electron chi connectivity index (χ1n) is 13.5. The first-order chi connectivity index (χ1) is 18.6. The maximum absolute atomic E-state index is 14.1. The highest BCUT2D eigenvalue weighted by atomic mass is 16.7. The van der Waals surface area contributed by atoms with Crippen molar-refractivity contribution >= 4 is 11.5 Å². The molecule has 0 bridgehead atoms. The van der Waals surface area contributed by atoms with Crippen molar-refractivity contribution in [2.45, 2.75) is 43.9 Å². The van der Waals surface area contributed by atoms with E-state index in [1.165, 1.54) is 11.1 Å². The van der Waals surface area contributed by atoms with Gasteiger partial charge in [0, 0.05) is 25.6 Å². The third-order valence-corrected chi connectivity index (χ3v) is 8.29. The fraction of sp³-hybridized carbons (Fsp3) is 0.265. The van der Waals surface area contributed by atoms with Gasteiger partial charge < -0.3 is 0 Å². The Bertz CT molecular complexity index is 1370. The van der Waals surface area contributed by atoms with Crippen LogP contribution in [0.5, 0.6) is 0 Å². The molecule has 2 saturated heterocycles. The third-order valence-electron chi connectivity index (χ3n) is 8.29. The number of hydrogen-bond donors (Lipinski definition) is 0. The molecule has 2 fully saturated rings. The highest BCUT2D eigenvalue weighted by Crippen LogP contribution is 2.55. The van der Waals surface area contributed by atoms with Crippen LogP contribution in [0, 0.1) is 6.92 Å². The molecule has 4 aromatic rings. The number of rotatable bonds is 5. The van der Waals surface area contributed by atoms with Crippen molar-refractivity contribution in [2.24, 2.45) is 0 Å². The van der Waals surface area contributed by atoms with Crippen LogP contribution < -0.4 is 5.06 Å². The van der Waals surface area contributed by atoms with E-state index in [-0.39, 0.29) is 23.8 Å². The van der Waals surface area contributed by atoms with E-state index in [0.717, 1.165) is 23.4 Å². The standard InChI is InChI=1S/C34H34N2O2/c1-25-18-20-28(21-19-25)32-33(29-14-8-4-9-15-29)36(30-16-10-5-11-17-30)38-34(32)24-35(23-22-31(34)37)26(2)27-12-6-3-7-13-27/h3-21,26,32-33H,22-24H2,1-2H3/t26-,32-,33+,34+/m1/s1. The van der Waals surface area contributed by atoms with Gasteiger partial charge in [0.1, 0.15) is 0 Å². The van der Waals surface area contributed by atoms with Gasteiger partial charge in [0.15, 0.2) is 11.4 Å². The summed E-state index contributed by atoms with van der Waals surface area (Å²) >= 11 is 0. The van der Waals surface area contributed by atoms with Crippen LogP contribution in [0.1, 0.15) is 53.6 Å². The van der Waals surface area contributed by atoms with Gasteiger partial charge >= 0.3 is 0 Å². The number of carbonyl (C=O) groups excluding carboxylic acids is 1. The molecule has 192 valence electrons. The number of likely N-dealkylation sites (tertiary alicyclic amines) is 1. The first-order valence-corrected chi connectivity index (χ1v) is 13.5. The van der Waals surface area contributed by atoms with Crippen LogP contribution in [0.4, 0.5) is 5.69 Å². The largest absolute Gasteiger partial charge is 0.296 e. The quantitative estimate of drug-likeness (QED) is 0.293. The lowest BCUT2D eigenvalue weighted by Gasteiger charge is -2.43. The van der Waals surface area contributed by atoms with Crippen LogP contribution in [0.15, 0.2) is 115 Å². The van der Waals surface area contributed by atoms with E-state index in [1.807, 2.05) is 35.4 Å². The molecule has 4 nitrogen and oxygen atoms in total. The van der Waals surface area contributed by atoms with Crippen LogP contribution in [0.2, 0.25) is 0 Å². The lowest BCUT2D eigenvalue weighted by atomic mass is 9.71. The number of aryl methyl sites for hydroxylation is 1. The lowest BCUT2D eigenvalue weighted by Crippen LogP contribution is -2.58. The summed E-state index contributed by atoms with van der Waals surface area (Å²) in [7, 11) is 0. The second-order valence-electron chi connectivity index (χ2n) is 10.6. The topological polar surface area (TPSA) is 32.8 Å². The molecule has 4 heteroatoms. The third kappa shape index (κ3) is 4.34. The summed E-state index contributed by atoms with van der Waals surface area (Å²) in [6, 6.07) is 39.9. The SMILES string of the molecule is Cc1ccc([C@@H]2[C@H](c3ccccc3)N(c3ccccc3)O[C@]23CN([C@H](C)c2ccccc2)CCC3=O)cc1. The van der Waals surface area contributed by atoms with Crippen molar-refractivity contribution in [1.82, 2.24) is 4.90 Å². The van der Waals surface area contributed by atoms with Gasteiger partial charge in [-0.25, -0.2) is 5.06 Å². The van der Waals surface area contributed by atoms with Gasteiger partial charge in [0.25, 0.3) is 0 Å². The molecule has 0 saturated carbocycles. The van der Waals surface area contributed by atoms with Crippen LogP contribution in [-0.4, -0.2) is 29.4 Å². The minimum atomic E-state index is -1.01. The average molecular weight is 503 g/mol. The van der Waals surface area contributed by atoms with Crippen LogP contribution in [-0.2, 0) is 9.63 Å². The van der Waals surface area contributed by atoms with Crippen molar-refractivity contribution in [3.63, 3.8) is 0 Å². The van der Waals surface area contributed by atoms with Crippen molar-refractivity contribution in [3.05, 3.63) is 138 Å². The lowest BCUT2D eigenvalue weighted by molar-refractivity contribution is -0.151. The number of anilines is 1. The van der Waals surface area contributed by atoms with E-state index in [0.29, 0.717) is 13.0 Å². The number of carbonyl (C=O) groups is 1. The zero-order chi connectivity index (χ0) is 26.1. The number of para-hydroxylation sites is 1. The number of ketones is 1. The van der Waals surface area contributed by atoms with E-state index in [4.69, 9.17) is 4.84 Å². The summed E-state index contributed by atoms with van der Waals surface area (Å²) < 4.78 is 0. The summed E-state index contributed by atoms with van der Waals surface area (Å²) in [4.78, 5) is 23.6. The average Bonchev–Trinajstić information content (AvgIpc) is 3.31. The number of nitrogens with zero attached hydrogens (tertiary/aromatic N) is 2. The molecule has 38 heavy (non-hydrogen) atoms. The zero-order valence-electron chi connectivity index (χ0n) is 22.0. The Morgan fingerprint density at radius 2 is 1.39 bits per heavy atom. The smallest absolute Gasteiger partial charge is 0.176 e. The van der Waals surface area contributed by atoms with Gasteiger partial charge in [-0.05, 0) is 42.7 Å². The molecule has 2 aliphatic rings. The molecule has 4 atom stereocenters. The number of hydrogen-bond acceptors (Lipinski definition) is 4. The monoisotopic (exact) mass is 502 g/mol. The summed E-state index contributed by atoms with van der Waals surface area (Å²) in [6.07, 6.45) is 0.462. The molecule has 0 aliphatic carbocycles. The summed E-state index contributed by atoms with van der Waals surface area (Å²) in [5.74, 6) is 0.00271. The number of piperidine rings is 1. The van der Waals surface area contributed by atoms with Crippen molar-refractivity contribution < 1.29 is 9.63 Å². The molecule has 2 aliphatic heterocycles. The Labute approximate surface area is 225 Å². The second-order valence-corrected chi connectivity index (χ2v) is 10.6. The fourth-order valence-electron chi connectivity index (χ4n) is 6.22. The Morgan fingerprint density at radius 1 is 0.789 bits per heavy atom. The fourth-order valence-corrected chi connectivity index (χ4v) is 6.22. The van der Waals surface area contributed by atoms with Crippen LogP contribution >= 0.6 is 0 Å². The molecule has 0 aromatic heterocycles. The Balaban J connectivity index is 1.51. The molecular formula is C34H34N2O2. The van der Waals surface area contributed by atoms with Gasteiger partial charge in [-0.15, -0.1) is 0 Å². The van der Waals surface area contributed by atoms with E-state index in [9.17, 15) is 4.79 Å². The molecular weight excluding hydrogens is 468 g/mol. The maximum Gasteiger partial charge on any atom is 0.176 e. The Hall–Kier alpha value is -3.73. The maximum atomic E-state index is 14.1. The van der Waals surface area contributed by atoms with E-state index in [2.05, 4.69) is 104 Å². The molecule has 6 rings (SSSR count). The van der Waals surface area contributed by atoms with E-state index < -0.39 is 5.60 Å². The first kappa shape index (κ1) is 24.6. The van der Waals surface area contributed by atoms with Gasteiger partial charge in [-0.1, -0.05) is 109 Å². The van der Waals surface area contributed by atoms with Crippen LogP contribution in [0.25, 0.3) is 0 Å². The summed E-state index contributed by atoms with van der Waals surface area (Å²) in [5, 5.41) is 2.01. The van der Waals surface area contributed by atoms with Gasteiger partial charge in [0.05, 0.1) is 17.6 Å². The molecule has 2 heterocycles. The van der Waals surface area contributed by atoms with E-state index in [1.54, 1.807) is 0 Å². The van der Waals surface area contributed by atoms with Gasteiger partial charge in [-0.3, -0.25) is 14.5 Å². The molecule has 4 aromatic carbocycles. The second kappa shape index (κ2) is 10.2. The molecule has 0 amide bonds. The number of Topliss-reactive ketones (excluding diaryl/α,β-unsaturated/α-hetero) is 1. The Kier molecular flexibility index (Phi) is 6.61. The minimum absolute atomic E-state index is 0.155. The Morgan fingerprint density at radius 3 is 2.05 bits per heavy atom. The van der Waals surface area contributed by atoms with Crippen molar-refractivity contribution in [1.29, 1.82) is 0 Å². The molecule has 0 radical (unpaired) electrons. The van der Waals surface area contributed by atoms with Crippen molar-refractivity contribution in [3.8, 4) is 0 Å². The van der Waals surface area contributed by atoms with Crippen molar-refractivity contribution in [2.75, 3.05) is 18.2 Å². The van der Waals surface area contributed by atoms with Crippen LogP contribution in [0.3, 0.4) is 0 Å². The van der Waals surface area contributed by atoms with E-state index >= 15 is 0 Å². The number of hydroxylamine groups is 1. The number of benzene rings is 4. The summed E-state index contributed by atoms with van der Waals surface area (Å²) in [5.41, 5.74) is 4.67. The zero-order valence-corrected chi connectivity index (χ0v) is 22.0.